The lowest BCUT2D eigenvalue weighted by Crippen LogP contribution is -1.98. The third-order valence-electron chi connectivity index (χ3n) is 2.81. The number of benzene rings is 1. The summed E-state index contributed by atoms with van der Waals surface area (Å²) < 4.78 is 24.6. The van der Waals surface area contributed by atoms with Crippen LogP contribution in [0.15, 0.2) is 28.7 Å². The summed E-state index contributed by atoms with van der Waals surface area (Å²) in [5.74, 6) is 1.39. The maximum Gasteiger partial charge on any atom is 0.167 e. The van der Waals surface area contributed by atoms with Gasteiger partial charge in [-0.05, 0) is 31.5 Å². The summed E-state index contributed by atoms with van der Waals surface area (Å²) in [6.45, 7) is 4.16. The summed E-state index contributed by atoms with van der Waals surface area (Å²) in [7, 11) is 0. The molecule has 0 amide bonds. The highest BCUT2D eigenvalue weighted by Gasteiger charge is 2.10. The first kappa shape index (κ1) is 12.6. The van der Waals surface area contributed by atoms with E-state index in [9.17, 15) is 4.39 Å². The maximum atomic E-state index is 13.7. The molecule has 2 aromatic rings. The number of rotatable bonds is 4. The van der Waals surface area contributed by atoms with E-state index in [0.717, 1.165) is 11.3 Å². The molecule has 0 atom stereocenters. The van der Waals surface area contributed by atoms with Gasteiger partial charge in [0.25, 0.3) is 0 Å². The summed E-state index contributed by atoms with van der Waals surface area (Å²) >= 11 is 0. The Morgan fingerprint density at radius 2 is 2.11 bits per heavy atom. The first-order valence-corrected chi connectivity index (χ1v) is 5.78. The van der Waals surface area contributed by atoms with Crippen LogP contribution in [0.1, 0.15) is 22.6 Å². The first-order chi connectivity index (χ1) is 8.61. The molecule has 1 aromatic carbocycles. The zero-order valence-electron chi connectivity index (χ0n) is 10.5. The van der Waals surface area contributed by atoms with Crippen LogP contribution >= 0.6 is 0 Å². The summed E-state index contributed by atoms with van der Waals surface area (Å²) in [4.78, 5) is 0. The summed E-state index contributed by atoms with van der Waals surface area (Å²) in [5, 5.41) is 0. The zero-order chi connectivity index (χ0) is 13.1. The van der Waals surface area contributed by atoms with Gasteiger partial charge >= 0.3 is 0 Å². The Morgan fingerprint density at radius 3 is 2.78 bits per heavy atom. The van der Waals surface area contributed by atoms with Crippen molar-refractivity contribution in [1.29, 1.82) is 0 Å². The lowest BCUT2D eigenvalue weighted by molar-refractivity contribution is 0.287. The third kappa shape index (κ3) is 2.54. The van der Waals surface area contributed by atoms with Crippen molar-refractivity contribution in [3.63, 3.8) is 0 Å². The fourth-order valence-electron chi connectivity index (χ4n) is 1.72. The molecule has 1 aromatic heterocycles. The summed E-state index contributed by atoms with van der Waals surface area (Å²) in [6, 6.07) is 6.92. The van der Waals surface area contributed by atoms with Crippen molar-refractivity contribution in [3.8, 4) is 5.75 Å². The second kappa shape index (κ2) is 5.23. The van der Waals surface area contributed by atoms with Gasteiger partial charge in [-0.25, -0.2) is 4.39 Å². The Bertz CT molecular complexity index is 549. The fourth-order valence-corrected chi connectivity index (χ4v) is 1.72. The summed E-state index contributed by atoms with van der Waals surface area (Å²) in [6.07, 6.45) is 0. The van der Waals surface area contributed by atoms with Crippen LogP contribution in [0.3, 0.4) is 0 Å². The minimum atomic E-state index is -0.322. The molecule has 0 aliphatic heterocycles. The standard InChI is InChI=1S/C14H16FNO2/c1-9-4-3-5-13(14(9)15)17-8-11-6-12(7-16)18-10(11)2/h3-6H,7-8,16H2,1-2H3. The molecule has 18 heavy (non-hydrogen) atoms. The molecule has 0 bridgehead atoms. The van der Waals surface area contributed by atoms with E-state index in [1.807, 2.05) is 13.0 Å². The van der Waals surface area contributed by atoms with Gasteiger partial charge in [0.05, 0.1) is 6.54 Å². The lowest BCUT2D eigenvalue weighted by atomic mass is 10.2. The highest BCUT2D eigenvalue weighted by Crippen LogP contribution is 2.22. The van der Waals surface area contributed by atoms with Crippen molar-refractivity contribution < 1.29 is 13.5 Å². The van der Waals surface area contributed by atoms with E-state index in [1.165, 1.54) is 0 Å². The van der Waals surface area contributed by atoms with E-state index in [4.69, 9.17) is 14.9 Å². The Hall–Kier alpha value is -1.81. The predicted octanol–water partition coefficient (Wildman–Crippen LogP) is 3.07. The van der Waals surface area contributed by atoms with Crippen LogP contribution < -0.4 is 10.5 Å². The van der Waals surface area contributed by atoms with Gasteiger partial charge in [0.15, 0.2) is 11.6 Å². The van der Waals surface area contributed by atoms with Gasteiger partial charge in [-0.1, -0.05) is 12.1 Å². The quantitative estimate of drug-likeness (QED) is 0.905. The molecule has 4 heteroatoms. The maximum absolute atomic E-state index is 13.7. The SMILES string of the molecule is Cc1cccc(OCc2cc(CN)oc2C)c1F. The van der Waals surface area contributed by atoms with Crippen LogP contribution in [0.4, 0.5) is 4.39 Å². The molecule has 3 nitrogen and oxygen atoms in total. The van der Waals surface area contributed by atoms with Crippen LogP contribution in [0.2, 0.25) is 0 Å². The molecule has 0 radical (unpaired) electrons. The molecule has 0 unspecified atom stereocenters. The highest BCUT2D eigenvalue weighted by molar-refractivity contribution is 5.30. The molecule has 96 valence electrons. The first-order valence-electron chi connectivity index (χ1n) is 5.78. The van der Waals surface area contributed by atoms with Crippen LogP contribution in [0.5, 0.6) is 5.75 Å². The number of hydrogen-bond acceptors (Lipinski definition) is 3. The number of halogens is 1. The normalized spacial score (nSPS) is 10.7. The van der Waals surface area contributed by atoms with Crippen molar-refractivity contribution >= 4 is 0 Å². The smallest absolute Gasteiger partial charge is 0.167 e. The number of aryl methyl sites for hydroxylation is 2. The van der Waals surface area contributed by atoms with Gasteiger partial charge in [0.1, 0.15) is 18.1 Å². The highest BCUT2D eigenvalue weighted by atomic mass is 19.1. The molecule has 0 fully saturated rings. The van der Waals surface area contributed by atoms with Crippen molar-refractivity contribution in [2.24, 2.45) is 5.73 Å². The van der Waals surface area contributed by atoms with E-state index >= 15 is 0 Å². The van der Waals surface area contributed by atoms with E-state index < -0.39 is 0 Å². The van der Waals surface area contributed by atoms with E-state index in [1.54, 1.807) is 25.1 Å². The lowest BCUT2D eigenvalue weighted by Gasteiger charge is -2.07. The minimum absolute atomic E-state index is 0.255. The molecule has 2 rings (SSSR count). The van der Waals surface area contributed by atoms with Gasteiger partial charge < -0.3 is 14.9 Å². The molecule has 0 aliphatic carbocycles. The van der Waals surface area contributed by atoms with Crippen LogP contribution in [0, 0.1) is 19.7 Å². The van der Waals surface area contributed by atoms with Gasteiger partial charge in [0, 0.05) is 5.56 Å². The molecule has 1 heterocycles. The van der Waals surface area contributed by atoms with Gasteiger partial charge in [0.2, 0.25) is 0 Å². The molecule has 0 aliphatic rings. The second-order valence-electron chi connectivity index (χ2n) is 4.17. The molecule has 0 saturated heterocycles. The topological polar surface area (TPSA) is 48.4 Å². The monoisotopic (exact) mass is 249 g/mol. The Morgan fingerprint density at radius 1 is 1.33 bits per heavy atom. The second-order valence-corrected chi connectivity index (χ2v) is 4.17. The third-order valence-corrected chi connectivity index (χ3v) is 2.81. The van der Waals surface area contributed by atoms with E-state index in [-0.39, 0.29) is 18.2 Å². The van der Waals surface area contributed by atoms with Crippen molar-refractivity contribution in [1.82, 2.24) is 0 Å². The Kier molecular flexibility index (Phi) is 3.67. The average Bonchev–Trinajstić information content (AvgIpc) is 2.72. The molecular weight excluding hydrogens is 233 g/mol. The number of nitrogens with two attached hydrogens (primary N) is 1. The number of ether oxygens (including phenoxy) is 1. The van der Waals surface area contributed by atoms with E-state index in [0.29, 0.717) is 17.9 Å². The minimum Gasteiger partial charge on any atom is -0.486 e. The van der Waals surface area contributed by atoms with Crippen molar-refractivity contribution in [2.45, 2.75) is 27.0 Å². The summed E-state index contributed by atoms with van der Waals surface area (Å²) in [5.41, 5.74) is 6.94. The largest absolute Gasteiger partial charge is 0.486 e. The van der Waals surface area contributed by atoms with Crippen molar-refractivity contribution in [3.05, 3.63) is 52.7 Å². The average molecular weight is 249 g/mol. The fraction of sp³-hybridized carbons (Fsp3) is 0.286. The zero-order valence-corrected chi connectivity index (χ0v) is 10.5. The van der Waals surface area contributed by atoms with Gasteiger partial charge in [-0.2, -0.15) is 0 Å². The molecule has 0 spiro atoms. The van der Waals surface area contributed by atoms with Crippen LogP contribution in [0.25, 0.3) is 0 Å². The van der Waals surface area contributed by atoms with Crippen molar-refractivity contribution in [2.75, 3.05) is 0 Å². The number of hydrogen-bond donors (Lipinski definition) is 1. The van der Waals surface area contributed by atoms with Crippen LogP contribution in [-0.4, -0.2) is 0 Å². The van der Waals surface area contributed by atoms with E-state index in [2.05, 4.69) is 0 Å². The van der Waals surface area contributed by atoms with Gasteiger partial charge in [-0.3, -0.25) is 0 Å². The predicted molar refractivity (Wildman–Crippen MR) is 66.8 cm³/mol. The Labute approximate surface area is 105 Å². The Balaban J connectivity index is 2.11. The molecule has 2 N–H and O–H groups in total. The number of furan rings is 1. The molecule has 0 saturated carbocycles. The van der Waals surface area contributed by atoms with Gasteiger partial charge in [-0.15, -0.1) is 0 Å². The van der Waals surface area contributed by atoms with Crippen LogP contribution in [-0.2, 0) is 13.2 Å². The molecular formula is C14H16FNO2.